The number of nitrogens with zero attached hydrogens (tertiary/aromatic N) is 1. The van der Waals surface area contributed by atoms with Crippen LogP contribution in [0, 0.1) is 11.3 Å². The number of carbonyl (C=O) groups excluding carboxylic acids is 1. The lowest BCUT2D eigenvalue weighted by Crippen LogP contribution is -2.06. The van der Waals surface area contributed by atoms with Crippen molar-refractivity contribution in [3.8, 4) is 6.07 Å². The first-order chi connectivity index (χ1) is 10.0. The molecule has 2 aromatic rings. The van der Waals surface area contributed by atoms with E-state index in [2.05, 4.69) is 6.07 Å². The summed E-state index contributed by atoms with van der Waals surface area (Å²) in [7, 11) is 0. The van der Waals surface area contributed by atoms with Crippen LogP contribution in [-0.4, -0.2) is 5.78 Å². The second kappa shape index (κ2) is 6.95. The lowest BCUT2D eigenvalue weighted by atomic mass is 9.93. The number of hydrogen-bond acceptors (Lipinski definition) is 2. The molecule has 0 aliphatic carbocycles. The highest BCUT2D eigenvalue weighted by atomic mass is 35.5. The zero-order chi connectivity index (χ0) is 15.4. The van der Waals surface area contributed by atoms with Crippen LogP contribution in [0.5, 0.6) is 0 Å². The number of nitriles is 1. The maximum Gasteiger partial charge on any atom is 0.164 e. The topological polar surface area (TPSA) is 40.9 Å². The van der Waals surface area contributed by atoms with E-state index < -0.39 is 5.92 Å². The summed E-state index contributed by atoms with van der Waals surface area (Å²) < 4.78 is 0. The fraction of sp³-hybridized carbons (Fsp3) is 0.125. The quantitative estimate of drug-likeness (QED) is 0.688. The smallest absolute Gasteiger partial charge is 0.164 e. The van der Waals surface area contributed by atoms with Crippen molar-refractivity contribution in [2.75, 3.05) is 0 Å². The predicted molar refractivity (Wildman–Crippen MR) is 85.2 cm³/mol. The second-order valence-electron chi connectivity index (χ2n) is 4.48. The average Bonchev–Trinajstić information content (AvgIpc) is 2.46. The van der Waals surface area contributed by atoms with Crippen LogP contribution < -0.4 is 0 Å². The molecule has 0 spiro atoms. The summed E-state index contributed by atoms with van der Waals surface area (Å²) in [5, 5.41) is 10.7. The SMILES string of the molecule is N#C[C@@H](CC(=O)c1ccc(Cl)cc1)c1ccc(Cl)cc1Cl. The molecule has 2 aromatic carbocycles. The number of carbonyl (C=O) groups is 1. The van der Waals surface area contributed by atoms with Gasteiger partial charge in [0.15, 0.2) is 5.78 Å². The Morgan fingerprint density at radius 2 is 1.67 bits per heavy atom. The summed E-state index contributed by atoms with van der Waals surface area (Å²) in [6.45, 7) is 0. The minimum Gasteiger partial charge on any atom is -0.294 e. The molecule has 0 aromatic heterocycles. The van der Waals surface area contributed by atoms with Gasteiger partial charge in [-0.25, -0.2) is 0 Å². The van der Waals surface area contributed by atoms with Crippen LogP contribution in [0.25, 0.3) is 0 Å². The summed E-state index contributed by atoms with van der Waals surface area (Å²) in [4.78, 5) is 12.2. The van der Waals surface area contributed by atoms with Crippen LogP contribution in [0.4, 0.5) is 0 Å². The molecule has 0 amide bonds. The zero-order valence-corrected chi connectivity index (χ0v) is 13.1. The Morgan fingerprint density at radius 3 is 2.24 bits per heavy atom. The Hall–Kier alpha value is -1.53. The predicted octanol–water partition coefficient (Wildman–Crippen LogP) is 5.53. The number of ketones is 1. The van der Waals surface area contributed by atoms with E-state index in [4.69, 9.17) is 34.8 Å². The van der Waals surface area contributed by atoms with Gasteiger partial charge in [0.1, 0.15) is 0 Å². The third-order valence-electron chi connectivity index (χ3n) is 3.05. The minimum absolute atomic E-state index is 0.0550. The zero-order valence-electron chi connectivity index (χ0n) is 10.8. The van der Waals surface area contributed by atoms with E-state index in [1.807, 2.05) is 0 Å². The summed E-state index contributed by atoms with van der Waals surface area (Å²) >= 11 is 17.7. The van der Waals surface area contributed by atoms with Crippen LogP contribution in [-0.2, 0) is 0 Å². The lowest BCUT2D eigenvalue weighted by Gasteiger charge is -2.11. The molecule has 0 aliphatic rings. The van der Waals surface area contributed by atoms with Crippen LogP contribution in [0.3, 0.4) is 0 Å². The molecule has 2 rings (SSSR count). The van der Waals surface area contributed by atoms with Crippen molar-refractivity contribution in [2.45, 2.75) is 12.3 Å². The van der Waals surface area contributed by atoms with E-state index in [9.17, 15) is 10.1 Å². The normalized spacial score (nSPS) is 11.7. The maximum atomic E-state index is 12.2. The fourth-order valence-corrected chi connectivity index (χ4v) is 2.61. The van der Waals surface area contributed by atoms with Gasteiger partial charge < -0.3 is 0 Å². The lowest BCUT2D eigenvalue weighted by molar-refractivity contribution is 0.0979. The Balaban J connectivity index is 2.21. The Bertz CT molecular complexity index is 704. The average molecular weight is 339 g/mol. The monoisotopic (exact) mass is 337 g/mol. The van der Waals surface area contributed by atoms with Crippen LogP contribution in [0.15, 0.2) is 42.5 Å². The van der Waals surface area contributed by atoms with Gasteiger partial charge in [0.05, 0.1) is 12.0 Å². The molecule has 0 bridgehead atoms. The van der Waals surface area contributed by atoms with Gasteiger partial charge in [-0.3, -0.25) is 4.79 Å². The van der Waals surface area contributed by atoms with E-state index in [1.165, 1.54) is 0 Å². The van der Waals surface area contributed by atoms with Crippen molar-refractivity contribution in [1.82, 2.24) is 0 Å². The maximum absolute atomic E-state index is 12.2. The van der Waals surface area contributed by atoms with Crippen LogP contribution in [0.1, 0.15) is 28.3 Å². The molecule has 0 heterocycles. The van der Waals surface area contributed by atoms with Crippen LogP contribution in [0.2, 0.25) is 15.1 Å². The largest absolute Gasteiger partial charge is 0.294 e. The van der Waals surface area contributed by atoms with E-state index >= 15 is 0 Å². The highest BCUT2D eigenvalue weighted by Crippen LogP contribution is 2.30. The van der Waals surface area contributed by atoms with Gasteiger partial charge in [-0.05, 0) is 42.0 Å². The molecule has 0 radical (unpaired) electrons. The highest BCUT2D eigenvalue weighted by Gasteiger charge is 2.19. The molecule has 0 N–H and O–H groups in total. The Kier molecular flexibility index (Phi) is 5.25. The molecular formula is C16H10Cl3NO. The fourth-order valence-electron chi connectivity index (χ4n) is 1.95. The van der Waals surface area contributed by atoms with E-state index in [0.29, 0.717) is 26.2 Å². The van der Waals surface area contributed by atoms with Crippen molar-refractivity contribution in [3.63, 3.8) is 0 Å². The second-order valence-corrected chi connectivity index (χ2v) is 5.76. The molecule has 106 valence electrons. The van der Waals surface area contributed by atoms with E-state index in [0.717, 1.165) is 0 Å². The van der Waals surface area contributed by atoms with Gasteiger partial charge >= 0.3 is 0 Å². The van der Waals surface area contributed by atoms with Crippen molar-refractivity contribution in [1.29, 1.82) is 5.26 Å². The van der Waals surface area contributed by atoms with E-state index in [-0.39, 0.29) is 12.2 Å². The van der Waals surface area contributed by atoms with Gasteiger partial charge in [0, 0.05) is 27.1 Å². The van der Waals surface area contributed by atoms with Gasteiger partial charge in [-0.1, -0.05) is 40.9 Å². The van der Waals surface area contributed by atoms with Gasteiger partial charge in [0.2, 0.25) is 0 Å². The molecule has 5 heteroatoms. The standard InChI is InChI=1S/C16H10Cl3NO/c17-12-3-1-10(2-4-12)16(21)7-11(9-20)14-6-5-13(18)8-15(14)19/h1-6,8,11H,7H2/t11-/m1/s1. The minimum atomic E-state index is -0.613. The summed E-state index contributed by atoms with van der Waals surface area (Å²) in [6.07, 6.45) is 0.0550. The summed E-state index contributed by atoms with van der Waals surface area (Å²) in [5.74, 6) is -0.748. The molecule has 21 heavy (non-hydrogen) atoms. The number of Topliss-reactive ketones (excluding diaryl/α,β-unsaturated/α-hetero) is 1. The molecule has 0 fully saturated rings. The Morgan fingerprint density at radius 1 is 1.05 bits per heavy atom. The van der Waals surface area contributed by atoms with Crippen molar-refractivity contribution in [3.05, 3.63) is 68.7 Å². The van der Waals surface area contributed by atoms with Crippen LogP contribution >= 0.6 is 34.8 Å². The molecule has 0 saturated heterocycles. The summed E-state index contributed by atoms with van der Waals surface area (Å²) in [6, 6.07) is 13.6. The number of rotatable bonds is 4. The molecule has 0 aliphatic heterocycles. The van der Waals surface area contributed by atoms with Crippen molar-refractivity contribution < 1.29 is 4.79 Å². The van der Waals surface area contributed by atoms with E-state index in [1.54, 1.807) is 42.5 Å². The van der Waals surface area contributed by atoms with Gasteiger partial charge in [-0.2, -0.15) is 5.26 Å². The third kappa shape index (κ3) is 3.98. The van der Waals surface area contributed by atoms with Crippen molar-refractivity contribution >= 4 is 40.6 Å². The summed E-state index contributed by atoms with van der Waals surface area (Å²) in [5.41, 5.74) is 1.12. The molecule has 1 atom stereocenters. The first kappa shape index (κ1) is 15.9. The van der Waals surface area contributed by atoms with Gasteiger partial charge in [0.25, 0.3) is 0 Å². The number of hydrogen-bond donors (Lipinski definition) is 0. The number of benzene rings is 2. The number of halogens is 3. The first-order valence-corrected chi connectivity index (χ1v) is 7.28. The molecule has 2 nitrogen and oxygen atoms in total. The first-order valence-electron chi connectivity index (χ1n) is 6.14. The third-order valence-corrected chi connectivity index (χ3v) is 3.86. The molecular weight excluding hydrogens is 329 g/mol. The van der Waals surface area contributed by atoms with Crippen molar-refractivity contribution in [2.24, 2.45) is 0 Å². The molecule has 0 unspecified atom stereocenters. The highest BCUT2D eigenvalue weighted by molar-refractivity contribution is 6.35. The molecule has 0 saturated carbocycles. The Labute approximate surface area is 137 Å². The van der Waals surface area contributed by atoms with Gasteiger partial charge in [-0.15, -0.1) is 0 Å².